The van der Waals surface area contributed by atoms with Gasteiger partial charge in [-0.25, -0.2) is 4.98 Å². The van der Waals surface area contributed by atoms with Gasteiger partial charge in [0.15, 0.2) is 0 Å². The van der Waals surface area contributed by atoms with E-state index < -0.39 is 0 Å². The van der Waals surface area contributed by atoms with E-state index in [1.54, 1.807) is 11.3 Å². The van der Waals surface area contributed by atoms with Crippen LogP contribution in [0.4, 0.5) is 0 Å². The van der Waals surface area contributed by atoms with Crippen molar-refractivity contribution in [3.63, 3.8) is 0 Å². The van der Waals surface area contributed by atoms with Gasteiger partial charge in [-0.1, -0.05) is 11.6 Å². The zero-order valence-corrected chi connectivity index (χ0v) is 10.1. The lowest BCUT2D eigenvalue weighted by Crippen LogP contribution is -2.26. The summed E-state index contributed by atoms with van der Waals surface area (Å²) in [6.45, 7) is 1.30. The molecule has 2 aromatic rings. The van der Waals surface area contributed by atoms with Crippen LogP contribution in [-0.2, 0) is 4.74 Å². The summed E-state index contributed by atoms with van der Waals surface area (Å²) in [5.41, 5.74) is 6.97. The standard InChI is InChI=1S/C11H11ClN2OS/c12-6-1-2-9-10(3-6)16-11(14-9)7-4-15-5-8(7)13/h1-3,7-8H,4-5,13H2. The Bertz CT molecular complexity index is 528. The van der Waals surface area contributed by atoms with Gasteiger partial charge in [0, 0.05) is 11.1 Å². The Labute approximate surface area is 102 Å². The third-order valence-corrected chi connectivity index (χ3v) is 4.19. The number of rotatable bonds is 1. The van der Waals surface area contributed by atoms with E-state index in [1.807, 2.05) is 18.2 Å². The quantitative estimate of drug-likeness (QED) is 0.850. The number of ether oxygens (including phenoxy) is 1. The predicted octanol–water partition coefficient (Wildman–Crippen LogP) is 2.39. The molecule has 3 nitrogen and oxygen atoms in total. The Balaban J connectivity index is 2.04. The minimum atomic E-state index is 0.0658. The van der Waals surface area contributed by atoms with E-state index in [0.29, 0.717) is 13.2 Å². The molecule has 3 rings (SSSR count). The van der Waals surface area contributed by atoms with Crippen molar-refractivity contribution < 1.29 is 4.74 Å². The van der Waals surface area contributed by atoms with Crippen molar-refractivity contribution in [3.8, 4) is 0 Å². The van der Waals surface area contributed by atoms with E-state index >= 15 is 0 Å². The molecule has 1 fully saturated rings. The fraction of sp³-hybridized carbons (Fsp3) is 0.364. The summed E-state index contributed by atoms with van der Waals surface area (Å²) in [5, 5.41) is 1.80. The molecule has 2 heterocycles. The molecule has 5 heteroatoms. The molecule has 2 N–H and O–H groups in total. The highest BCUT2D eigenvalue weighted by Crippen LogP contribution is 2.32. The lowest BCUT2D eigenvalue weighted by atomic mass is 10.1. The molecule has 1 aromatic heterocycles. The first-order chi connectivity index (χ1) is 7.74. The maximum Gasteiger partial charge on any atom is 0.101 e. The van der Waals surface area contributed by atoms with Gasteiger partial charge in [0.05, 0.1) is 29.3 Å². The van der Waals surface area contributed by atoms with Crippen LogP contribution in [0.5, 0.6) is 0 Å². The summed E-state index contributed by atoms with van der Waals surface area (Å²) in [6.07, 6.45) is 0. The molecule has 2 unspecified atom stereocenters. The third-order valence-electron chi connectivity index (χ3n) is 2.81. The number of nitrogens with two attached hydrogens (primary N) is 1. The van der Waals surface area contributed by atoms with Crippen molar-refractivity contribution >= 4 is 33.2 Å². The first-order valence-electron chi connectivity index (χ1n) is 5.13. The lowest BCUT2D eigenvalue weighted by molar-refractivity contribution is 0.191. The topological polar surface area (TPSA) is 48.1 Å². The number of hydrogen-bond acceptors (Lipinski definition) is 4. The molecule has 0 saturated carbocycles. The van der Waals surface area contributed by atoms with Gasteiger partial charge in [0.25, 0.3) is 0 Å². The molecule has 0 aliphatic carbocycles. The second-order valence-electron chi connectivity index (χ2n) is 3.97. The Morgan fingerprint density at radius 3 is 3.06 bits per heavy atom. The Kier molecular flexibility index (Phi) is 2.59. The molecule has 16 heavy (non-hydrogen) atoms. The molecule has 84 valence electrons. The predicted molar refractivity (Wildman–Crippen MR) is 66.2 cm³/mol. The van der Waals surface area contributed by atoms with E-state index in [9.17, 15) is 0 Å². The van der Waals surface area contributed by atoms with Gasteiger partial charge in [0.1, 0.15) is 5.01 Å². The van der Waals surface area contributed by atoms with E-state index in [2.05, 4.69) is 4.98 Å². The molecular formula is C11H11ClN2OS. The third kappa shape index (κ3) is 1.72. The van der Waals surface area contributed by atoms with Crippen LogP contribution < -0.4 is 5.73 Å². The van der Waals surface area contributed by atoms with E-state index in [-0.39, 0.29) is 12.0 Å². The molecule has 0 radical (unpaired) electrons. The van der Waals surface area contributed by atoms with Crippen molar-refractivity contribution in [1.29, 1.82) is 0 Å². The summed E-state index contributed by atoms with van der Waals surface area (Å²) < 4.78 is 6.47. The molecule has 1 aliphatic rings. The average Bonchev–Trinajstić information content (AvgIpc) is 2.82. The highest BCUT2D eigenvalue weighted by Gasteiger charge is 2.29. The number of aromatic nitrogens is 1. The Morgan fingerprint density at radius 1 is 1.44 bits per heavy atom. The van der Waals surface area contributed by atoms with Crippen LogP contribution in [0.1, 0.15) is 10.9 Å². The molecular weight excluding hydrogens is 244 g/mol. The van der Waals surface area contributed by atoms with Crippen molar-refractivity contribution in [2.24, 2.45) is 5.73 Å². The molecule has 1 aromatic carbocycles. The number of benzene rings is 1. The Hall–Kier alpha value is -0.680. The van der Waals surface area contributed by atoms with Gasteiger partial charge in [-0.3, -0.25) is 0 Å². The summed E-state index contributed by atoms with van der Waals surface area (Å²) in [4.78, 5) is 4.59. The highest BCUT2D eigenvalue weighted by molar-refractivity contribution is 7.18. The van der Waals surface area contributed by atoms with E-state index in [1.165, 1.54) is 0 Å². The van der Waals surface area contributed by atoms with E-state index in [4.69, 9.17) is 22.1 Å². The van der Waals surface area contributed by atoms with Gasteiger partial charge < -0.3 is 10.5 Å². The first-order valence-corrected chi connectivity index (χ1v) is 6.33. The van der Waals surface area contributed by atoms with Crippen LogP contribution in [0.3, 0.4) is 0 Å². The fourth-order valence-corrected chi connectivity index (χ4v) is 3.30. The number of halogens is 1. The van der Waals surface area contributed by atoms with Gasteiger partial charge >= 0.3 is 0 Å². The minimum Gasteiger partial charge on any atom is -0.379 e. The van der Waals surface area contributed by atoms with Crippen LogP contribution in [0.2, 0.25) is 5.02 Å². The van der Waals surface area contributed by atoms with E-state index in [0.717, 1.165) is 20.2 Å². The average molecular weight is 255 g/mol. The molecule has 1 aliphatic heterocycles. The van der Waals surface area contributed by atoms with Crippen LogP contribution in [0.15, 0.2) is 18.2 Å². The SMILES string of the molecule is NC1COCC1c1nc2ccc(Cl)cc2s1. The van der Waals surface area contributed by atoms with Gasteiger partial charge in [-0.15, -0.1) is 11.3 Å². The minimum absolute atomic E-state index is 0.0658. The summed E-state index contributed by atoms with van der Waals surface area (Å²) >= 11 is 7.60. The zero-order valence-electron chi connectivity index (χ0n) is 8.52. The van der Waals surface area contributed by atoms with Gasteiger partial charge in [0.2, 0.25) is 0 Å². The number of nitrogens with zero attached hydrogens (tertiary/aromatic N) is 1. The number of fused-ring (bicyclic) bond motifs is 1. The second kappa shape index (κ2) is 3.96. The monoisotopic (exact) mass is 254 g/mol. The highest BCUT2D eigenvalue weighted by atomic mass is 35.5. The normalized spacial score (nSPS) is 25.4. The Morgan fingerprint density at radius 2 is 2.31 bits per heavy atom. The van der Waals surface area contributed by atoms with Crippen LogP contribution in [0, 0.1) is 0 Å². The maximum absolute atomic E-state index is 5.98. The lowest BCUT2D eigenvalue weighted by Gasteiger charge is -2.08. The summed E-state index contributed by atoms with van der Waals surface area (Å²) in [6, 6.07) is 5.81. The molecule has 2 atom stereocenters. The largest absolute Gasteiger partial charge is 0.379 e. The van der Waals surface area contributed by atoms with Crippen LogP contribution in [-0.4, -0.2) is 24.2 Å². The smallest absolute Gasteiger partial charge is 0.101 e. The van der Waals surface area contributed by atoms with Gasteiger partial charge in [-0.05, 0) is 18.2 Å². The zero-order chi connectivity index (χ0) is 11.1. The van der Waals surface area contributed by atoms with Crippen molar-refractivity contribution in [1.82, 2.24) is 4.98 Å². The number of thiazole rings is 1. The van der Waals surface area contributed by atoms with Crippen molar-refractivity contribution in [2.75, 3.05) is 13.2 Å². The molecule has 0 spiro atoms. The first kappa shape index (κ1) is 10.5. The second-order valence-corrected chi connectivity index (χ2v) is 5.47. The van der Waals surface area contributed by atoms with Crippen LogP contribution >= 0.6 is 22.9 Å². The van der Waals surface area contributed by atoms with Crippen LogP contribution in [0.25, 0.3) is 10.2 Å². The summed E-state index contributed by atoms with van der Waals surface area (Å²) in [7, 11) is 0. The molecule has 0 amide bonds. The maximum atomic E-state index is 5.98. The van der Waals surface area contributed by atoms with Gasteiger partial charge in [-0.2, -0.15) is 0 Å². The van der Waals surface area contributed by atoms with Crippen molar-refractivity contribution in [3.05, 3.63) is 28.2 Å². The number of hydrogen-bond donors (Lipinski definition) is 1. The molecule has 1 saturated heterocycles. The fourth-order valence-electron chi connectivity index (χ4n) is 1.90. The molecule has 0 bridgehead atoms. The van der Waals surface area contributed by atoms with Crippen molar-refractivity contribution in [2.45, 2.75) is 12.0 Å². The summed E-state index contributed by atoms with van der Waals surface area (Å²) in [5.74, 6) is 0.233.